The molecule has 0 spiro atoms. The van der Waals surface area contributed by atoms with E-state index in [4.69, 9.17) is 0 Å². The van der Waals surface area contributed by atoms with Gasteiger partial charge >= 0.3 is 0 Å². The zero-order valence-electron chi connectivity index (χ0n) is 13.2. The van der Waals surface area contributed by atoms with Crippen LogP contribution in [0.3, 0.4) is 0 Å². The molecule has 2 heteroatoms. The summed E-state index contributed by atoms with van der Waals surface area (Å²) in [7, 11) is 0. The number of unbranched alkanes of at least 4 members (excludes halogenated alkanes) is 3. The van der Waals surface area contributed by atoms with Gasteiger partial charge in [-0.1, -0.05) is 46.5 Å². The highest BCUT2D eigenvalue weighted by atomic mass is 32.1. The van der Waals surface area contributed by atoms with Gasteiger partial charge in [0.05, 0.1) is 0 Å². The maximum atomic E-state index is 3.65. The molecule has 110 valence electrons. The van der Waals surface area contributed by atoms with E-state index < -0.39 is 0 Å². The lowest BCUT2D eigenvalue weighted by atomic mass is 10.0. The number of hydrogen-bond donors (Lipinski definition) is 1. The van der Waals surface area contributed by atoms with Crippen molar-refractivity contribution in [2.75, 3.05) is 6.54 Å². The smallest absolute Gasteiger partial charge is 0.0386 e. The lowest BCUT2D eigenvalue weighted by Crippen LogP contribution is -2.18. The van der Waals surface area contributed by atoms with Crippen LogP contribution in [0.5, 0.6) is 0 Å². The van der Waals surface area contributed by atoms with E-state index in [0.717, 1.165) is 18.9 Å². The van der Waals surface area contributed by atoms with Crippen LogP contribution in [0.25, 0.3) is 0 Å². The molecule has 19 heavy (non-hydrogen) atoms. The first-order valence-electron chi connectivity index (χ1n) is 7.95. The fraction of sp³-hybridized carbons (Fsp3) is 0.765. The zero-order chi connectivity index (χ0) is 14.1. The predicted octanol–water partition coefficient (Wildman–Crippen LogP) is 5.57. The second-order valence-corrected chi connectivity index (χ2v) is 7.13. The zero-order valence-corrected chi connectivity index (χ0v) is 14.0. The monoisotopic (exact) mass is 281 g/mol. The molecule has 1 aromatic heterocycles. The van der Waals surface area contributed by atoms with Crippen molar-refractivity contribution in [1.29, 1.82) is 0 Å². The van der Waals surface area contributed by atoms with Crippen molar-refractivity contribution in [3.05, 3.63) is 21.9 Å². The van der Waals surface area contributed by atoms with Gasteiger partial charge in [-0.3, -0.25) is 0 Å². The number of nitrogens with one attached hydrogen (secondary N) is 1. The Kier molecular flexibility index (Phi) is 8.40. The average Bonchev–Trinajstić information content (AvgIpc) is 2.85. The summed E-state index contributed by atoms with van der Waals surface area (Å²) in [5, 5.41) is 3.65. The summed E-state index contributed by atoms with van der Waals surface area (Å²) in [6.45, 7) is 10.3. The molecule has 1 aromatic rings. The van der Waals surface area contributed by atoms with Crippen molar-refractivity contribution in [2.45, 2.75) is 72.3 Å². The van der Waals surface area contributed by atoms with Crippen LogP contribution < -0.4 is 5.32 Å². The molecule has 0 aliphatic heterocycles. The lowest BCUT2D eigenvalue weighted by Gasteiger charge is -2.12. The van der Waals surface area contributed by atoms with Crippen molar-refractivity contribution in [1.82, 2.24) is 5.32 Å². The third kappa shape index (κ3) is 7.12. The van der Waals surface area contributed by atoms with Crippen LogP contribution in [0.15, 0.2) is 12.1 Å². The largest absolute Gasteiger partial charge is 0.309 e. The molecule has 1 atom stereocenters. The summed E-state index contributed by atoms with van der Waals surface area (Å²) >= 11 is 1.95. The highest BCUT2D eigenvalue weighted by Gasteiger charge is 2.06. The Morgan fingerprint density at radius 3 is 2.42 bits per heavy atom. The van der Waals surface area contributed by atoms with E-state index in [0.29, 0.717) is 6.04 Å². The van der Waals surface area contributed by atoms with E-state index in [-0.39, 0.29) is 0 Å². The maximum absolute atomic E-state index is 3.65. The van der Waals surface area contributed by atoms with E-state index in [1.807, 2.05) is 11.3 Å². The van der Waals surface area contributed by atoms with E-state index in [2.05, 4.69) is 45.1 Å². The molecule has 1 nitrogen and oxygen atoms in total. The van der Waals surface area contributed by atoms with Gasteiger partial charge in [0.1, 0.15) is 0 Å². The molecule has 0 aromatic carbocycles. The van der Waals surface area contributed by atoms with E-state index in [9.17, 15) is 0 Å². The van der Waals surface area contributed by atoms with Gasteiger partial charge < -0.3 is 5.32 Å². The van der Waals surface area contributed by atoms with Crippen LogP contribution in [0.1, 0.15) is 75.6 Å². The molecule has 0 saturated heterocycles. The SMILES string of the molecule is CCc1ccc(C(C)NCCCCCCC(C)C)s1. The molecular weight excluding hydrogens is 250 g/mol. The van der Waals surface area contributed by atoms with Crippen molar-refractivity contribution in [3.8, 4) is 0 Å². The van der Waals surface area contributed by atoms with Crippen LogP contribution >= 0.6 is 11.3 Å². The Bertz CT molecular complexity index is 330. The third-order valence-electron chi connectivity index (χ3n) is 3.62. The minimum atomic E-state index is 0.515. The standard InChI is InChI=1S/C17H31NS/c1-5-16-11-12-17(19-16)15(4)18-13-9-7-6-8-10-14(2)3/h11-12,14-15,18H,5-10,13H2,1-4H3. The molecule has 0 aliphatic rings. The van der Waals surface area contributed by atoms with E-state index in [1.54, 1.807) is 0 Å². The van der Waals surface area contributed by atoms with Gasteiger partial charge in [-0.15, -0.1) is 11.3 Å². The summed E-state index contributed by atoms with van der Waals surface area (Å²) in [5.74, 6) is 0.865. The Labute approximate surface area is 123 Å². The molecule has 1 unspecified atom stereocenters. The minimum Gasteiger partial charge on any atom is -0.309 e. The Morgan fingerprint density at radius 1 is 1.05 bits per heavy atom. The van der Waals surface area contributed by atoms with Gasteiger partial charge in [0.25, 0.3) is 0 Å². The second-order valence-electron chi connectivity index (χ2n) is 5.93. The highest BCUT2D eigenvalue weighted by molar-refractivity contribution is 7.12. The van der Waals surface area contributed by atoms with Gasteiger partial charge in [0.15, 0.2) is 0 Å². The normalized spacial score (nSPS) is 13.1. The Morgan fingerprint density at radius 2 is 1.79 bits per heavy atom. The average molecular weight is 282 g/mol. The van der Waals surface area contributed by atoms with Crippen LogP contribution in [-0.2, 0) is 6.42 Å². The van der Waals surface area contributed by atoms with Crippen molar-refractivity contribution >= 4 is 11.3 Å². The predicted molar refractivity (Wildman–Crippen MR) is 88.0 cm³/mol. The first-order valence-corrected chi connectivity index (χ1v) is 8.77. The van der Waals surface area contributed by atoms with E-state index >= 15 is 0 Å². The molecular formula is C17H31NS. The quantitative estimate of drug-likeness (QED) is 0.553. The van der Waals surface area contributed by atoms with Crippen LogP contribution in [-0.4, -0.2) is 6.54 Å². The van der Waals surface area contributed by atoms with Gasteiger partial charge in [-0.05, 0) is 44.4 Å². The van der Waals surface area contributed by atoms with Crippen LogP contribution in [0.2, 0.25) is 0 Å². The van der Waals surface area contributed by atoms with Gasteiger partial charge in [0, 0.05) is 15.8 Å². The molecule has 0 bridgehead atoms. The fourth-order valence-corrected chi connectivity index (χ4v) is 3.25. The summed E-state index contributed by atoms with van der Waals surface area (Å²) < 4.78 is 0. The van der Waals surface area contributed by atoms with Crippen LogP contribution in [0.4, 0.5) is 0 Å². The van der Waals surface area contributed by atoms with Crippen molar-refractivity contribution < 1.29 is 0 Å². The molecule has 0 aliphatic carbocycles. The van der Waals surface area contributed by atoms with Crippen LogP contribution in [0, 0.1) is 5.92 Å². The third-order valence-corrected chi connectivity index (χ3v) is 5.03. The molecule has 1 N–H and O–H groups in total. The number of thiophene rings is 1. The maximum Gasteiger partial charge on any atom is 0.0386 e. The molecule has 1 heterocycles. The summed E-state index contributed by atoms with van der Waals surface area (Å²) in [6, 6.07) is 5.06. The number of hydrogen-bond acceptors (Lipinski definition) is 2. The first kappa shape index (κ1) is 16.7. The molecule has 0 fully saturated rings. The Balaban J connectivity index is 2.05. The fourth-order valence-electron chi connectivity index (χ4n) is 2.27. The number of rotatable bonds is 10. The summed E-state index contributed by atoms with van der Waals surface area (Å²) in [6.07, 6.45) is 8.03. The molecule has 0 radical (unpaired) electrons. The second kappa shape index (κ2) is 9.55. The van der Waals surface area contributed by atoms with E-state index in [1.165, 1.54) is 41.9 Å². The molecule has 0 saturated carbocycles. The van der Waals surface area contributed by atoms with Gasteiger partial charge in [0.2, 0.25) is 0 Å². The summed E-state index contributed by atoms with van der Waals surface area (Å²) in [4.78, 5) is 2.98. The summed E-state index contributed by atoms with van der Waals surface area (Å²) in [5.41, 5.74) is 0. The molecule has 1 rings (SSSR count). The lowest BCUT2D eigenvalue weighted by molar-refractivity contribution is 0.500. The van der Waals surface area contributed by atoms with Crippen molar-refractivity contribution in [3.63, 3.8) is 0 Å². The highest BCUT2D eigenvalue weighted by Crippen LogP contribution is 2.23. The minimum absolute atomic E-state index is 0.515. The van der Waals surface area contributed by atoms with Gasteiger partial charge in [-0.25, -0.2) is 0 Å². The number of aryl methyl sites for hydroxylation is 1. The van der Waals surface area contributed by atoms with Crippen molar-refractivity contribution in [2.24, 2.45) is 5.92 Å². The molecule has 0 amide bonds. The topological polar surface area (TPSA) is 12.0 Å². The van der Waals surface area contributed by atoms with Gasteiger partial charge in [-0.2, -0.15) is 0 Å². The first-order chi connectivity index (χ1) is 9.13. The Hall–Kier alpha value is -0.340.